The molecule has 0 N–H and O–H groups in total. The van der Waals surface area contributed by atoms with E-state index in [1.807, 2.05) is 60.7 Å². The number of ether oxygens (including phenoxy) is 1. The van der Waals surface area contributed by atoms with Gasteiger partial charge in [-0.1, -0.05) is 60.7 Å². The van der Waals surface area contributed by atoms with Gasteiger partial charge in [-0.25, -0.2) is 0 Å². The Morgan fingerprint density at radius 2 is 1.71 bits per heavy atom. The fraction of sp³-hybridized carbons (Fsp3) is 0.208. The highest BCUT2D eigenvalue weighted by atomic mass is 32.2. The van der Waals surface area contributed by atoms with Crippen molar-refractivity contribution in [1.29, 1.82) is 0 Å². The van der Waals surface area contributed by atoms with E-state index in [1.165, 1.54) is 12.5 Å². The third-order valence-corrected chi connectivity index (χ3v) is 5.54. The highest BCUT2D eigenvalue weighted by Gasteiger charge is 2.07. The number of ketones is 1. The van der Waals surface area contributed by atoms with Gasteiger partial charge in [0, 0.05) is 27.3 Å². The lowest BCUT2D eigenvalue weighted by atomic mass is 10.0. The summed E-state index contributed by atoms with van der Waals surface area (Å²) in [5.74, 6) is 1.35. The first-order valence-electron chi connectivity index (χ1n) is 9.37. The van der Waals surface area contributed by atoms with Gasteiger partial charge in [0.25, 0.3) is 0 Å². The Bertz CT molecular complexity index is 993. The summed E-state index contributed by atoms with van der Waals surface area (Å²) < 4.78 is 17.9. The number of fused-ring (bicyclic) bond motifs is 1. The van der Waals surface area contributed by atoms with E-state index in [0.29, 0.717) is 5.75 Å². The van der Waals surface area contributed by atoms with Gasteiger partial charge in [0.2, 0.25) is 0 Å². The lowest BCUT2D eigenvalue weighted by molar-refractivity contribution is -0.118. The molecule has 0 heterocycles. The highest BCUT2D eigenvalue weighted by Crippen LogP contribution is 2.28. The molecule has 0 aliphatic heterocycles. The molecule has 1 unspecified atom stereocenters. The predicted octanol–water partition coefficient (Wildman–Crippen LogP) is 5.16. The molecule has 0 saturated carbocycles. The van der Waals surface area contributed by atoms with Crippen molar-refractivity contribution in [2.24, 2.45) is 0 Å². The van der Waals surface area contributed by atoms with Gasteiger partial charge in [-0.2, -0.15) is 0 Å². The molecule has 0 bridgehead atoms. The molecule has 4 heteroatoms. The van der Waals surface area contributed by atoms with E-state index in [1.54, 1.807) is 5.41 Å². The zero-order valence-corrected chi connectivity index (χ0v) is 16.8. The topological polar surface area (TPSA) is 43.4 Å². The van der Waals surface area contributed by atoms with E-state index in [-0.39, 0.29) is 12.4 Å². The van der Waals surface area contributed by atoms with E-state index in [0.717, 1.165) is 34.9 Å². The van der Waals surface area contributed by atoms with Crippen LogP contribution in [-0.2, 0) is 22.0 Å². The number of rotatable bonds is 9. The first-order valence-corrected chi connectivity index (χ1v) is 10.7. The van der Waals surface area contributed by atoms with Crippen molar-refractivity contribution in [3.63, 3.8) is 0 Å². The molecule has 0 aliphatic carbocycles. The number of aryl methyl sites for hydroxylation is 1. The molecule has 0 fully saturated rings. The highest BCUT2D eigenvalue weighted by molar-refractivity contribution is 7.88. The first kappa shape index (κ1) is 20.0. The molecule has 3 rings (SSSR count). The monoisotopic (exact) mass is 392 g/mol. The normalized spacial score (nSPS) is 12.3. The van der Waals surface area contributed by atoms with Gasteiger partial charge < -0.3 is 4.74 Å². The van der Waals surface area contributed by atoms with Crippen molar-refractivity contribution in [1.82, 2.24) is 0 Å². The number of hydrogen-bond donors (Lipinski definition) is 0. The number of hydrogen-bond acceptors (Lipinski definition) is 3. The summed E-state index contributed by atoms with van der Waals surface area (Å²) in [6, 6.07) is 21.9. The average molecular weight is 393 g/mol. The molecule has 0 aromatic heterocycles. The number of benzene rings is 3. The first-order chi connectivity index (χ1) is 13.6. The summed E-state index contributed by atoms with van der Waals surface area (Å²) in [6.45, 7) is 1.60. The van der Waals surface area contributed by atoms with Crippen LogP contribution in [0.1, 0.15) is 24.5 Å². The second kappa shape index (κ2) is 10.00. The van der Waals surface area contributed by atoms with E-state index in [9.17, 15) is 9.00 Å². The third kappa shape index (κ3) is 5.64. The van der Waals surface area contributed by atoms with Gasteiger partial charge >= 0.3 is 0 Å². The predicted molar refractivity (Wildman–Crippen MR) is 117 cm³/mol. The van der Waals surface area contributed by atoms with Crippen LogP contribution in [0.25, 0.3) is 16.8 Å². The zero-order chi connectivity index (χ0) is 19.8. The van der Waals surface area contributed by atoms with Crippen molar-refractivity contribution in [3.8, 4) is 5.75 Å². The Kier molecular flexibility index (Phi) is 7.15. The summed E-state index contributed by atoms with van der Waals surface area (Å²) >= 11 is 0. The Morgan fingerprint density at radius 1 is 0.964 bits per heavy atom. The number of carbonyl (C=O) groups is 1. The average Bonchev–Trinajstić information content (AvgIpc) is 2.71. The van der Waals surface area contributed by atoms with Gasteiger partial charge in [-0.3, -0.25) is 9.00 Å². The van der Waals surface area contributed by atoms with Gasteiger partial charge in [0.05, 0.1) is 0 Å². The molecule has 144 valence electrons. The standard InChI is InChI=1S/C24H24O3S/c1-19(25)18-27-24-14-6-12-22-21(10-5-13-23(22)24)11-7-16-28(26)17-15-20-8-3-2-4-9-20/h2-6,8-10,12-15,17H,7,11,16,18H2,1H3/b17-15+. The lowest BCUT2D eigenvalue weighted by Crippen LogP contribution is -2.06. The van der Waals surface area contributed by atoms with Crippen molar-refractivity contribution in [2.45, 2.75) is 19.8 Å². The molecule has 3 aromatic rings. The van der Waals surface area contributed by atoms with Crippen LogP contribution in [0.4, 0.5) is 0 Å². The SMILES string of the molecule is CC(=O)COc1cccc2c(CCCS(=O)/C=C/c3ccccc3)cccc12. The Labute approximate surface area is 168 Å². The van der Waals surface area contributed by atoms with Crippen molar-refractivity contribution < 1.29 is 13.7 Å². The quantitative estimate of drug-likeness (QED) is 0.505. The minimum Gasteiger partial charge on any atom is -0.485 e. The molecular weight excluding hydrogens is 368 g/mol. The minimum absolute atomic E-state index is 0.000746. The molecule has 3 nitrogen and oxygen atoms in total. The van der Waals surface area contributed by atoms with E-state index < -0.39 is 10.8 Å². The largest absolute Gasteiger partial charge is 0.485 e. The van der Waals surface area contributed by atoms with Crippen molar-refractivity contribution in [3.05, 3.63) is 83.3 Å². The smallest absolute Gasteiger partial charge is 0.167 e. The van der Waals surface area contributed by atoms with Gasteiger partial charge in [0.1, 0.15) is 12.4 Å². The molecule has 1 atom stereocenters. The van der Waals surface area contributed by atoms with Gasteiger partial charge in [-0.15, -0.1) is 0 Å². The Hall–Kier alpha value is -2.72. The molecule has 0 spiro atoms. The summed E-state index contributed by atoms with van der Waals surface area (Å²) in [4.78, 5) is 11.2. The maximum absolute atomic E-state index is 12.2. The second-order valence-corrected chi connectivity index (χ2v) is 8.10. The third-order valence-electron chi connectivity index (χ3n) is 4.41. The van der Waals surface area contributed by atoms with Crippen LogP contribution in [0, 0.1) is 0 Å². The minimum atomic E-state index is -0.983. The molecule has 28 heavy (non-hydrogen) atoms. The maximum Gasteiger partial charge on any atom is 0.167 e. The summed E-state index contributed by atoms with van der Waals surface area (Å²) in [7, 11) is -0.983. The molecule has 0 saturated heterocycles. The fourth-order valence-corrected chi connectivity index (χ4v) is 3.93. The second-order valence-electron chi connectivity index (χ2n) is 6.66. The van der Waals surface area contributed by atoms with Crippen LogP contribution >= 0.6 is 0 Å². The molecule has 0 amide bonds. The zero-order valence-electron chi connectivity index (χ0n) is 16.0. The molecule has 0 radical (unpaired) electrons. The Morgan fingerprint density at radius 3 is 2.50 bits per heavy atom. The maximum atomic E-state index is 12.2. The molecule has 3 aromatic carbocycles. The lowest BCUT2D eigenvalue weighted by Gasteiger charge is -2.11. The summed E-state index contributed by atoms with van der Waals surface area (Å²) in [6.07, 6.45) is 3.59. The van der Waals surface area contributed by atoms with Crippen LogP contribution in [-0.4, -0.2) is 22.4 Å². The fourth-order valence-electron chi connectivity index (χ4n) is 3.06. The van der Waals surface area contributed by atoms with Crippen molar-refractivity contribution in [2.75, 3.05) is 12.4 Å². The van der Waals surface area contributed by atoms with E-state index >= 15 is 0 Å². The van der Waals surface area contributed by atoms with Crippen LogP contribution in [0.2, 0.25) is 0 Å². The van der Waals surface area contributed by atoms with Crippen molar-refractivity contribution >= 4 is 33.4 Å². The van der Waals surface area contributed by atoms with Crippen LogP contribution in [0.15, 0.2) is 72.1 Å². The van der Waals surface area contributed by atoms with Crippen LogP contribution in [0.3, 0.4) is 0 Å². The van der Waals surface area contributed by atoms with Gasteiger partial charge in [-0.05, 0) is 48.4 Å². The number of carbonyl (C=O) groups excluding carboxylic acids is 1. The summed E-state index contributed by atoms with van der Waals surface area (Å²) in [5.41, 5.74) is 2.26. The number of Topliss-reactive ketones (excluding diaryl/α,β-unsaturated/α-hetero) is 1. The summed E-state index contributed by atoms with van der Waals surface area (Å²) in [5, 5.41) is 3.90. The van der Waals surface area contributed by atoms with Crippen LogP contribution in [0.5, 0.6) is 5.75 Å². The molecule has 0 aliphatic rings. The Balaban J connectivity index is 1.63. The molecular formula is C24H24O3S. The van der Waals surface area contributed by atoms with E-state index in [4.69, 9.17) is 4.74 Å². The van der Waals surface area contributed by atoms with Crippen LogP contribution < -0.4 is 4.74 Å². The van der Waals surface area contributed by atoms with Gasteiger partial charge in [0.15, 0.2) is 5.78 Å². The van der Waals surface area contributed by atoms with E-state index in [2.05, 4.69) is 12.1 Å².